The first kappa shape index (κ1) is 27.9. The van der Waals surface area contributed by atoms with Crippen LogP contribution in [0.5, 0.6) is 0 Å². The second-order valence-corrected chi connectivity index (χ2v) is 9.62. The molecular weight excluding hydrogens is 518 g/mol. The fraction of sp³-hybridized carbons (Fsp3) is 0.233. The summed E-state index contributed by atoms with van der Waals surface area (Å²) in [6, 6.07) is 21.2. The van der Waals surface area contributed by atoms with Crippen LogP contribution in [0.2, 0.25) is 5.02 Å². The number of aryl methyl sites for hydroxylation is 1. The Kier molecular flexibility index (Phi) is 9.35. The summed E-state index contributed by atoms with van der Waals surface area (Å²) in [5, 5.41) is 3.72. The molecule has 8 nitrogen and oxygen atoms in total. The van der Waals surface area contributed by atoms with Gasteiger partial charge in [0.2, 0.25) is 5.91 Å². The molecule has 0 spiro atoms. The Morgan fingerprint density at radius 2 is 1.77 bits per heavy atom. The number of nitrogens with zero attached hydrogens (tertiary/aromatic N) is 2. The lowest BCUT2D eigenvalue weighted by Crippen LogP contribution is -2.45. The Bertz CT molecular complexity index is 1510. The average Bonchev–Trinajstić information content (AvgIpc) is 2.92. The molecule has 1 aromatic heterocycles. The number of rotatable bonds is 10. The van der Waals surface area contributed by atoms with Crippen molar-refractivity contribution in [2.24, 2.45) is 0 Å². The van der Waals surface area contributed by atoms with Crippen molar-refractivity contribution in [1.82, 2.24) is 9.80 Å². The normalized spacial score (nSPS) is 10.8. The highest BCUT2D eigenvalue weighted by Crippen LogP contribution is 2.17. The van der Waals surface area contributed by atoms with E-state index in [2.05, 4.69) is 5.32 Å². The van der Waals surface area contributed by atoms with E-state index in [0.717, 1.165) is 11.1 Å². The number of halogens is 1. The Labute approximate surface area is 231 Å². The van der Waals surface area contributed by atoms with Crippen molar-refractivity contribution < 1.29 is 18.7 Å². The van der Waals surface area contributed by atoms with E-state index in [0.29, 0.717) is 27.2 Å². The van der Waals surface area contributed by atoms with Crippen LogP contribution in [0.4, 0.5) is 10.5 Å². The lowest BCUT2D eigenvalue weighted by atomic mass is 10.1. The Morgan fingerprint density at radius 1 is 0.974 bits per heavy atom. The number of benzene rings is 3. The van der Waals surface area contributed by atoms with Gasteiger partial charge < -0.3 is 24.3 Å². The summed E-state index contributed by atoms with van der Waals surface area (Å²) in [7, 11) is 1.53. The van der Waals surface area contributed by atoms with Gasteiger partial charge in [0, 0.05) is 30.9 Å². The maximum atomic E-state index is 13.7. The SMILES string of the molecule is COCCN(CC(=O)N(Cc1ccccc1)Cc1coc2ccc(C)cc2c1=O)C(=O)Nc1cccc(Cl)c1. The van der Waals surface area contributed by atoms with Gasteiger partial charge in [-0.2, -0.15) is 0 Å². The molecule has 0 bridgehead atoms. The number of methoxy groups -OCH3 is 1. The maximum Gasteiger partial charge on any atom is 0.322 e. The predicted molar refractivity (Wildman–Crippen MR) is 152 cm³/mol. The minimum atomic E-state index is -0.469. The third-order valence-corrected chi connectivity index (χ3v) is 6.42. The van der Waals surface area contributed by atoms with E-state index in [1.807, 2.05) is 43.3 Å². The number of anilines is 1. The summed E-state index contributed by atoms with van der Waals surface area (Å²) in [4.78, 5) is 43.0. The molecule has 3 amide bonds. The van der Waals surface area contributed by atoms with Crippen molar-refractivity contribution >= 4 is 40.2 Å². The minimum Gasteiger partial charge on any atom is -0.464 e. The summed E-state index contributed by atoms with van der Waals surface area (Å²) < 4.78 is 10.9. The zero-order chi connectivity index (χ0) is 27.8. The molecule has 0 saturated heterocycles. The Balaban J connectivity index is 1.59. The van der Waals surface area contributed by atoms with Crippen LogP contribution in [0.3, 0.4) is 0 Å². The molecule has 0 fully saturated rings. The highest BCUT2D eigenvalue weighted by atomic mass is 35.5. The number of ether oxygens (including phenoxy) is 1. The van der Waals surface area contributed by atoms with Crippen LogP contribution in [0.1, 0.15) is 16.7 Å². The second-order valence-electron chi connectivity index (χ2n) is 9.18. The summed E-state index contributed by atoms with van der Waals surface area (Å²) >= 11 is 6.05. The summed E-state index contributed by atoms with van der Waals surface area (Å²) in [6.07, 6.45) is 1.40. The van der Waals surface area contributed by atoms with E-state index in [9.17, 15) is 14.4 Å². The van der Waals surface area contributed by atoms with Gasteiger partial charge >= 0.3 is 6.03 Å². The number of nitrogens with one attached hydrogen (secondary N) is 1. The molecule has 0 radical (unpaired) electrons. The largest absolute Gasteiger partial charge is 0.464 e. The molecule has 0 aliphatic carbocycles. The van der Waals surface area contributed by atoms with E-state index in [1.165, 1.54) is 18.3 Å². The van der Waals surface area contributed by atoms with Crippen molar-refractivity contribution in [2.45, 2.75) is 20.0 Å². The molecular formula is C30H30ClN3O5. The number of hydrogen-bond donors (Lipinski definition) is 1. The van der Waals surface area contributed by atoms with E-state index in [-0.39, 0.29) is 44.1 Å². The first-order chi connectivity index (χ1) is 18.8. The van der Waals surface area contributed by atoms with Gasteiger partial charge in [0.1, 0.15) is 12.1 Å². The first-order valence-corrected chi connectivity index (χ1v) is 12.8. The standard InChI is InChI=1S/C30H30ClN3O5/c1-21-11-12-27-26(15-21)29(36)23(20-39-27)18-34(17-22-7-4-3-5-8-22)28(35)19-33(13-14-38-2)30(37)32-25-10-6-9-24(31)16-25/h3-12,15-16,20H,13-14,17-19H2,1-2H3,(H,32,37). The highest BCUT2D eigenvalue weighted by molar-refractivity contribution is 6.30. The third kappa shape index (κ3) is 7.46. The number of amides is 3. The number of carbonyl (C=O) groups is 2. The Hall–Kier alpha value is -4.14. The van der Waals surface area contributed by atoms with E-state index >= 15 is 0 Å². The maximum absolute atomic E-state index is 13.7. The van der Waals surface area contributed by atoms with Gasteiger partial charge in [0.05, 0.1) is 30.4 Å². The number of carbonyl (C=O) groups excluding carboxylic acids is 2. The van der Waals surface area contributed by atoms with E-state index in [4.69, 9.17) is 20.8 Å². The molecule has 0 aliphatic heterocycles. The van der Waals surface area contributed by atoms with Crippen molar-refractivity contribution in [3.05, 3.63) is 111 Å². The van der Waals surface area contributed by atoms with Crippen LogP contribution in [0.25, 0.3) is 11.0 Å². The summed E-state index contributed by atoms with van der Waals surface area (Å²) in [5.41, 5.74) is 2.97. The minimum absolute atomic E-state index is 0.0218. The molecule has 202 valence electrons. The molecule has 3 aromatic carbocycles. The van der Waals surface area contributed by atoms with Gasteiger partial charge in [-0.15, -0.1) is 0 Å². The van der Waals surface area contributed by atoms with Crippen LogP contribution in [0.15, 0.2) is 88.3 Å². The molecule has 0 aliphatic rings. The molecule has 0 saturated carbocycles. The first-order valence-electron chi connectivity index (χ1n) is 12.5. The number of urea groups is 1. The van der Waals surface area contributed by atoms with Crippen molar-refractivity contribution in [2.75, 3.05) is 32.1 Å². The van der Waals surface area contributed by atoms with Gasteiger partial charge in [-0.1, -0.05) is 59.6 Å². The molecule has 9 heteroatoms. The van der Waals surface area contributed by atoms with Gasteiger partial charge in [-0.3, -0.25) is 9.59 Å². The fourth-order valence-corrected chi connectivity index (χ4v) is 4.31. The number of hydrogen-bond acceptors (Lipinski definition) is 5. The van der Waals surface area contributed by atoms with Gasteiger partial charge in [-0.25, -0.2) is 4.79 Å². The van der Waals surface area contributed by atoms with Crippen LogP contribution >= 0.6 is 11.6 Å². The molecule has 1 N–H and O–H groups in total. The van der Waals surface area contributed by atoms with Crippen LogP contribution in [-0.4, -0.2) is 48.5 Å². The molecule has 39 heavy (non-hydrogen) atoms. The zero-order valence-electron chi connectivity index (χ0n) is 21.9. The monoisotopic (exact) mass is 547 g/mol. The van der Waals surface area contributed by atoms with Gasteiger partial charge in [-0.05, 0) is 42.8 Å². The fourth-order valence-electron chi connectivity index (χ4n) is 4.12. The van der Waals surface area contributed by atoms with Crippen molar-refractivity contribution in [1.29, 1.82) is 0 Å². The lowest BCUT2D eigenvalue weighted by Gasteiger charge is -2.28. The van der Waals surface area contributed by atoms with Crippen LogP contribution in [0, 0.1) is 6.92 Å². The highest BCUT2D eigenvalue weighted by Gasteiger charge is 2.23. The van der Waals surface area contributed by atoms with E-state index < -0.39 is 6.03 Å². The summed E-state index contributed by atoms with van der Waals surface area (Å²) in [5.74, 6) is -0.333. The van der Waals surface area contributed by atoms with Crippen molar-refractivity contribution in [3.8, 4) is 0 Å². The van der Waals surface area contributed by atoms with E-state index in [1.54, 1.807) is 41.3 Å². The van der Waals surface area contributed by atoms with Crippen LogP contribution < -0.4 is 10.7 Å². The lowest BCUT2D eigenvalue weighted by molar-refractivity contribution is -0.133. The zero-order valence-corrected chi connectivity index (χ0v) is 22.6. The molecule has 0 atom stereocenters. The Morgan fingerprint density at radius 3 is 2.51 bits per heavy atom. The second kappa shape index (κ2) is 13.1. The quantitative estimate of drug-likeness (QED) is 0.284. The molecule has 0 unspecified atom stereocenters. The van der Waals surface area contributed by atoms with Crippen molar-refractivity contribution in [3.63, 3.8) is 0 Å². The molecule has 4 rings (SSSR count). The van der Waals surface area contributed by atoms with Gasteiger partial charge in [0.15, 0.2) is 5.43 Å². The predicted octanol–water partition coefficient (Wildman–Crippen LogP) is 5.46. The summed E-state index contributed by atoms with van der Waals surface area (Å²) in [6.45, 7) is 2.38. The third-order valence-electron chi connectivity index (χ3n) is 6.18. The van der Waals surface area contributed by atoms with Crippen LogP contribution in [-0.2, 0) is 22.6 Å². The smallest absolute Gasteiger partial charge is 0.322 e. The number of fused-ring (bicyclic) bond motifs is 1. The topological polar surface area (TPSA) is 92.1 Å². The van der Waals surface area contributed by atoms with Gasteiger partial charge in [0.25, 0.3) is 0 Å². The molecule has 1 heterocycles. The average molecular weight is 548 g/mol. The molecule has 4 aromatic rings.